The molecule has 0 bridgehead atoms. The maximum absolute atomic E-state index is 13.8. The highest BCUT2D eigenvalue weighted by Crippen LogP contribution is 2.43. The zero-order chi connectivity index (χ0) is 22.3. The predicted molar refractivity (Wildman–Crippen MR) is 124 cm³/mol. The van der Waals surface area contributed by atoms with Crippen molar-refractivity contribution in [1.82, 2.24) is 0 Å². The molecule has 2 nitrogen and oxygen atoms in total. The Labute approximate surface area is 187 Å². The highest BCUT2D eigenvalue weighted by Gasteiger charge is 2.37. The Bertz CT molecular complexity index is 1330. The average molecular weight is 448 g/mol. The fourth-order valence-corrected chi connectivity index (χ4v) is 6.54. The lowest BCUT2D eigenvalue weighted by atomic mass is 9.92. The van der Waals surface area contributed by atoms with Crippen molar-refractivity contribution < 1.29 is 18.3 Å². The van der Waals surface area contributed by atoms with E-state index in [-0.39, 0.29) is 10.5 Å². The number of rotatable bonds is 4. The van der Waals surface area contributed by atoms with Gasteiger partial charge in [-0.05, 0) is 67.4 Å². The van der Waals surface area contributed by atoms with E-state index in [0.717, 1.165) is 11.0 Å². The second-order valence-corrected chi connectivity index (χ2v) is 10.2. The molecular weight excluding hydrogens is 426 g/mol. The van der Waals surface area contributed by atoms with Crippen molar-refractivity contribution >= 4 is 26.5 Å². The lowest BCUT2D eigenvalue weighted by Gasteiger charge is -2.28. The number of carbonyl (C=O) groups is 1. The molecule has 0 radical (unpaired) electrons. The molecule has 0 fully saturated rings. The number of benzene rings is 3. The van der Waals surface area contributed by atoms with Crippen molar-refractivity contribution in [2.24, 2.45) is 0 Å². The number of hydrogen-bond acceptors (Lipinski definition) is 2. The van der Waals surface area contributed by atoms with Gasteiger partial charge in [-0.15, -0.1) is 0 Å². The first-order chi connectivity index (χ1) is 15.4. The molecule has 4 aromatic rings. The predicted octanol–water partition coefficient (Wildman–Crippen LogP) is 7.57. The first-order valence-electron chi connectivity index (χ1n) is 10.4. The number of ether oxygens (including phenoxy) is 1. The third-order valence-corrected chi connectivity index (χ3v) is 8.16. The largest absolute Gasteiger partial charge is 0.446 e. The smallest absolute Gasteiger partial charge is 0.339 e. The van der Waals surface area contributed by atoms with Crippen LogP contribution in [-0.2, 0) is 10.3 Å². The van der Waals surface area contributed by atoms with Crippen molar-refractivity contribution in [3.8, 4) is 4.90 Å². The average Bonchev–Trinajstić information content (AvgIpc) is 3.37. The van der Waals surface area contributed by atoms with Crippen LogP contribution in [0.15, 0.2) is 84.9 Å². The summed E-state index contributed by atoms with van der Waals surface area (Å²) in [6, 6.07) is 21.2. The molecule has 32 heavy (non-hydrogen) atoms. The van der Waals surface area contributed by atoms with E-state index in [4.69, 9.17) is 4.74 Å². The van der Waals surface area contributed by atoms with Crippen molar-refractivity contribution in [2.45, 2.75) is 25.4 Å². The molecule has 0 spiro atoms. The summed E-state index contributed by atoms with van der Waals surface area (Å²) < 4.78 is 34.8. The van der Waals surface area contributed by atoms with Crippen molar-refractivity contribution in [2.75, 3.05) is 0 Å². The molecule has 3 aromatic carbocycles. The quantitative estimate of drug-likeness (QED) is 0.183. The molecule has 1 aliphatic carbocycles. The lowest BCUT2D eigenvalue weighted by Crippen LogP contribution is -2.29. The number of allylic oxidation sites excluding steroid dienone is 1. The molecule has 0 saturated heterocycles. The molecule has 5 heteroatoms. The summed E-state index contributed by atoms with van der Waals surface area (Å²) in [6.45, 7) is 2.12. The van der Waals surface area contributed by atoms with E-state index in [1.54, 1.807) is 18.2 Å². The van der Waals surface area contributed by atoms with Gasteiger partial charge < -0.3 is 4.74 Å². The fourth-order valence-electron chi connectivity index (χ4n) is 4.34. The van der Waals surface area contributed by atoms with E-state index in [1.807, 2.05) is 30.3 Å². The summed E-state index contributed by atoms with van der Waals surface area (Å²) in [6.07, 6.45) is 4.70. The standard InChI is InChI=1S/C27H21F2O2S/c1-18-14-20-6-2-3-7-25(20)32(18)24-10-8-19(9-11-24)26(30)31-27(12-4-5-13-27)21-15-22(28)17-23(29)16-21/h2-4,6-12,14-17H,5,13H2,1H3/q+1. The molecule has 5 rings (SSSR count). The number of esters is 1. The second-order valence-electron chi connectivity index (χ2n) is 8.00. The first kappa shape index (κ1) is 20.6. The van der Waals surface area contributed by atoms with Crippen LogP contribution in [0.5, 0.6) is 0 Å². The minimum atomic E-state index is -1.16. The summed E-state index contributed by atoms with van der Waals surface area (Å²) in [7, 11) is -0.165. The second kappa shape index (κ2) is 7.99. The maximum Gasteiger partial charge on any atom is 0.339 e. The van der Waals surface area contributed by atoms with Gasteiger partial charge in [0.2, 0.25) is 0 Å². The topological polar surface area (TPSA) is 26.3 Å². The normalized spacial score (nSPS) is 18.3. The lowest BCUT2D eigenvalue weighted by molar-refractivity contribution is 0.00153. The highest BCUT2D eigenvalue weighted by molar-refractivity contribution is 7.45. The van der Waals surface area contributed by atoms with Gasteiger partial charge in [0.25, 0.3) is 0 Å². The van der Waals surface area contributed by atoms with Gasteiger partial charge in [0, 0.05) is 40.5 Å². The molecule has 0 N–H and O–H groups in total. The van der Waals surface area contributed by atoms with Gasteiger partial charge in [0.15, 0.2) is 20.1 Å². The van der Waals surface area contributed by atoms with Crippen LogP contribution in [-0.4, -0.2) is 5.97 Å². The minimum absolute atomic E-state index is 0.165. The van der Waals surface area contributed by atoms with Gasteiger partial charge in [-0.2, -0.15) is 0 Å². The Morgan fingerprint density at radius 2 is 1.69 bits per heavy atom. The Morgan fingerprint density at radius 1 is 0.969 bits per heavy atom. The zero-order valence-corrected chi connectivity index (χ0v) is 18.3. The molecule has 1 heterocycles. The van der Waals surface area contributed by atoms with E-state index >= 15 is 0 Å². The summed E-state index contributed by atoms with van der Waals surface area (Å²) in [4.78, 5) is 15.4. The van der Waals surface area contributed by atoms with Gasteiger partial charge in [-0.25, -0.2) is 13.6 Å². The van der Waals surface area contributed by atoms with E-state index in [9.17, 15) is 13.6 Å². The fraction of sp³-hybridized carbons (Fsp3) is 0.148. The van der Waals surface area contributed by atoms with E-state index < -0.39 is 23.2 Å². The third kappa shape index (κ3) is 3.63. The van der Waals surface area contributed by atoms with Crippen LogP contribution in [0.25, 0.3) is 15.0 Å². The molecule has 0 aliphatic heterocycles. The van der Waals surface area contributed by atoms with Crippen LogP contribution in [0.2, 0.25) is 0 Å². The van der Waals surface area contributed by atoms with Gasteiger partial charge in [0.1, 0.15) is 11.6 Å². The number of fused-ring (bicyclic) bond motifs is 1. The van der Waals surface area contributed by atoms with E-state index in [0.29, 0.717) is 24.0 Å². The third-order valence-electron chi connectivity index (χ3n) is 5.84. The molecule has 0 saturated carbocycles. The number of halogens is 2. The Kier molecular flexibility index (Phi) is 5.14. The van der Waals surface area contributed by atoms with Gasteiger partial charge in [0.05, 0.1) is 5.56 Å². The molecular formula is C27H21F2O2S+. The Balaban J connectivity index is 1.44. The van der Waals surface area contributed by atoms with Crippen LogP contribution in [0.1, 0.15) is 33.6 Å². The number of hydrogen-bond donors (Lipinski definition) is 0. The van der Waals surface area contributed by atoms with Crippen molar-refractivity contribution in [3.05, 3.63) is 113 Å². The molecule has 2 unspecified atom stereocenters. The van der Waals surface area contributed by atoms with E-state index in [2.05, 4.69) is 25.1 Å². The monoisotopic (exact) mass is 447 g/mol. The van der Waals surface area contributed by atoms with Gasteiger partial charge in [-0.1, -0.05) is 18.2 Å². The number of thiophene rings is 1. The molecule has 0 amide bonds. The van der Waals surface area contributed by atoms with Crippen molar-refractivity contribution in [3.63, 3.8) is 0 Å². The molecule has 2 atom stereocenters. The van der Waals surface area contributed by atoms with Crippen molar-refractivity contribution in [1.29, 1.82) is 0 Å². The van der Waals surface area contributed by atoms with Crippen LogP contribution < -0.4 is 0 Å². The molecule has 160 valence electrons. The molecule has 1 aliphatic rings. The van der Waals surface area contributed by atoms with E-state index in [1.165, 1.54) is 27.1 Å². The van der Waals surface area contributed by atoms with Gasteiger partial charge >= 0.3 is 5.97 Å². The van der Waals surface area contributed by atoms with Crippen LogP contribution in [0.4, 0.5) is 8.78 Å². The Morgan fingerprint density at radius 3 is 2.38 bits per heavy atom. The number of carbonyl (C=O) groups excluding carboxylic acids is 1. The van der Waals surface area contributed by atoms with Crippen LogP contribution in [0, 0.1) is 18.6 Å². The highest BCUT2D eigenvalue weighted by atomic mass is 32.2. The summed E-state index contributed by atoms with van der Waals surface area (Å²) in [5.74, 6) is -1.90. The van der Waals surface area contributed by atoms with Gasteiger partial charge in [-0.3, -0.25) is 0 Å². The summed E-state index contributed by atoms with van der Waals surface area (Å²) in [5, 5.41) is 1.23. The van der Waals surface area contributed by atoms with Crippen LogP contribution in [0.3, 0.4) is 0 Å². The summed E-state index contributed by atoms with van der Waals surface area (Å²) >= 11 is 0. The first-order valence-corrected chi connectivity index (χ1v) is 11.7. The zero-order valence-electron chi connectivity index (χ0n) is 17.5. The molecule has 1 aromatic heterocycles. The SMILES string of the molecule is Cc1cc2ccccc2[s+]1-c1ccc(C(=O)OC2(c3cc(F)cc(F)c3)C=CCC2)cc1. The minimum Gasteiger partial charge on any atom is -0.446 e. The maximum atomic E-state index is 13.8. The Hall–Kier alpha value is -3.31. The number of aryl methyl sites for hydroxylation is 1. The van der Waals surface area contributed by atoms with Crippen LogP contribution >= 0.6 is 10.5 Å². The summed E-state index contributed by atoms with van der Waals surface area (Å²) in [5.41, 5.74) is -0.453.